The molecule has 0 radical (unpaired) electrons. The zero-order chi connectivity index (χ0) is 26.2. The molecule has 5 atom stereocenters. The molecule has 0 saturated heterocycles. The summed E-state index contributed by atoms with van der Waals surface area (Å²) in [6.07, 6.45) is 5.83. The van der Waals surface area contributed by atoms with Crippen molar-refractivity contribution >= 4 is 51.8 Å². The van der Waals surface area contributed by atoms with Crippen LogP contribution in [0.1, 0.15) is 69.4 Å². The summed E-state index contributed by atoms with van der Waals surface area (Å²) in [4.78, 5) is 23.1. The van der Waals surface area contributed by atoms with Gasteiger partial charge < -0.3 is 15.3 Å². The number of phenolic OH excluding ortho intramolecular Hbond substituents is 1. The second-order valence-corrected chi connectivity index (χ2v) is 12.6. The van der Waals surface area contributed by atoms with Crippen LogP contribution in [0.3, 0.4) is 0 Å². The molecule has 1 amide bonds. The Kier molecular flexibility index (Phi) is 8.32. The Morgan fingerprint density at radius 3 is 2.81 bits per heavy atom. The van der Waals surface area contributed by atoms with Crippen molar-refractivity contribution in [3.05, 3.63) is 38.7 Å². The minimum absolute atomic E-state index is 0.0183. The first-order chi connectivity index (χ1) is 17.1. The molecular formula is C27H35Cl2N3O3S. The van der Waals surface area contributed by atoms with Crippen molar-refractivity contribution in [2.24, 2.45) is 33.3 Å². The van der Waals surface area contributed by atoms with E-state index >= 15 is 0 Å². The molecule has 4 rings (SSSR count). The third kappa shape index (κ3) is 5.03. The summed E-state index contributed by atoms with van der Waals surface area (Å²) in [5.74, 6) is 1.40. The molecule has 5 unspecified atom stereocenters. The van der Waals surface area contributed by atoms with Gasteiger partial charge in [-0.15, -0.1) is 0 Å². The summed E-state index contributed by atoms with van der Waals surface area (Å²) in [6.45, 7) is 8.10. The number of nitrogens with one attached hydrogen (secondary N) is 1. The number of aliphatic imine (C=N–C) groups is 1. The Balaban J connectivity index is 1.58. The maximum Gasteiger partial charge on any atom is 0.225 e. The van der Waals surface area contributed by atoms with Crippen LogP contribution in [0.5, 0.6) is 5.75 Å². The molecule has 2 saturated carbocycles. The highest BCUT2D eigenvalue weighted by Gasteiger charge is 2.57. The number of oxime groups is 1. The molecule has 3 aliphatic rings. The fourth-order valence-corrected chi connectivity index (χ4v) is 8.18. The normalized spacial score (nSPS) is 30.4. The van der Waals surface area contributed by atoms with Crippen LogP contribution in [0.2, 0.25) is 10.0 Å². The lowest BCUT2D eigenvalue weighted by atomic mass is 9.54. The first-order valence-corrected chi connectivity index (χ1v) is 14.1. The van der Waals surface area contributed by atoms with Crippen LogP contribution < -0.4 is 5.32 Å². The van der Waals surface area contributed by atoms with Crippen LogP contribution in [0, 0.1) is 23.2 Å². The van der Waals surface area contributed by atoms with Gasteiger partial charge in [-0.1, -0.05) is 53.6 Å². The fraction of sp³-hybridized carbons (Fsp3) is 0.593. The molecule has 0 bridgehead atoms. The SMILES string of the molecule is C=C(C)SC(=NC)NC(=O)CCC1C/C(=N\OC)C2(C)CCC3c4cc(Cl)c(O)c(Cl)c4CCC3C12. The van der Waals surface area contributed by atoms with E-state index in [9.17, 15) is 9.90 Å². The van der Waals surface area contributed by atoms with Crippen molar-refractivity contribution in [2.45, 2.75) is 64.7 Å². The summed E-state index contributed by atoms with van der Waals surface area (Å²) in [7, 11) is 3.28. The van der Waals surface area contributed by atoms with E-state index < -0.39 is 0 Å². The number of hydrogen-bond acceptors (Lipinski definition) is 6. The number of amides is 1. The lowest BCUT2D eigenvalue weighted by molar-refractivity contribution is -0.120. The highest BCUT2D eigenvalue weighted by molar-refractivity contribution is 8.17. The van der Waals surface area contributed by atoms with Gasteiger partial charge in [-0.05, 0) is 91.2 Å². The zero-order valence-electron chi connectivity index (χ0n) is 21.4. The number of allylic oxidation sites excluding steroid dienone is 1. The fourth-order valence-electron chi connectivity index (χ4n) is 7.03. The molecule has 36 heavy (non-hydrogen) atoms. The van der Waals surface area contributed by atoms with Crippen LogP contribution in [0.25, 0.3) is 0 Å². The lowest BCUT2D eigenvalue weighted by Crippen LogP contribution is -2.44. The molecule has 1 aromatic rings. The van der Waals surface area contributed by atoms with Gasteiger partial charge in [0.05, 0.1) is 15.8 Å². The first kappa shape index (κ1) is 27.3. The van der Waals surface area contributed by atoms with Gasteiger partial charge in [0.1, 0.15) is 7.11 Å². The van der Waals surface area contributed by atoms with Crippen LogP contribution in [-0.4, -0.2) is 36.1 Å². The Morgan fingerprint density at radius 2 is 2.14 bits per heavy atom. The van der Waals surface area contributed by atoms with Gasteiger partial charge in [0.25, 0.3) is 0 Å². The number of carbonyl (C=O) groups excluding carboxylic acids is 1. The first-order valence-electron chi connectivity index (χ1n) is 12.5. The van der Waals surface area contributed by atoms with Crippen molar-refractivity contribution < 1.29 is 14.7 Å². The summed E-state index contributed by atoms with van der Waals surface area (Å²) < 4.78 is 0. The van der Waals surface area contributed by atoms with Crippen molar-refractivity contribution in [1.29, 1.82) is 0 Å². The highest BCUT2D eigenvalue weighted by atomic mass is 35.5. The molecule has 1 aromatic carbocycles. The molecule has 196 valence electrons. The van der Waals surface area contributed by atoms with E-state index in [1.54, 1.807) is 14.2 Å². The molecule has 6 nitrogen and oxygen atoms in total. The van der Waals surface area contributed by atoms with Gasteiger partial charge in [-0.3, -0.25) is 9.79 Å². The number of hydrogen-bond donors (Lipinski definition) is 2. The quantitative estimate of drug-likeness (QED) is 0.236. The number of benzene rings is 1. The Labute approximate surface area is 227 Å². The minimum Gasteiger partial charge on any atom is -0.505 e. The Morgan fingerprint density at radius 1 is 1.39 bits per heavy atom. The molecule has 9 heteroatoms. The second-order valence-electron chi connectivity index (χ2n) is 10.5. The second kappa shape index (κ2) is 11.0. The van der Waals surface area contributed by atoms with Crippen LogP contribution >= 0.6 is 35.0 Å². The Bertz CT molecular complexity index is 1120. The molecule has 3 aliphatic carbocycles. The molecular weight excluding hydrogens is 517 g/mol. The van der Waals surface area contributed by atoms with Crippen LogP contribution in [-0.2, 0) is 16.1 Å². The molecule has 0 aliphatic heterocycles. The van der Waals surface area contributed by atoms with E-state index in [-0.39, 0.29) is 17.1 Å². The average molecular weight is 553 g/mol. The van der Waals surface area contributed by atoms with Crippen molar-refractivity contribution in [2.75, 3.05) is 14.2 Å². The number of fused-ring (bicyclic) bond motifs is 5. The van der Waals surface area contributed by atoms with Crippen LogP contribution in [0.4, 0.5) is 0 Å². The zero-order valence-corrected chi connectivity index (χ0v) is 23.7. The number of carbonyl (C=O) groups is 1. The largest absolute Gasteiger partial charge is 0.505 e. The number of halogens is 2. The van der Waals surface area contributed by atoms with E-state index in [1.165, 1.54) is 17.3 Å². The molecule has 0 aromatic heterocycles. The van der Waals surface area contributed by atoms with Crippen LogP contribution in [0.15, 0.2) is 27.7 Å². The maximum atomic E-state index is 12.8. The van der Waals surface area contributed by atoms with E-state index in [4.69, 9.17) is 28.0 Å². The number of rotatable bonds is 5. The molecule has 0 heterocycles. The smallest absolute Gasteiger partial charge is 0.225 e. The lowest BCUT2D eigenvalue weighted by Gasteiger charge is -2.50. The van der Waals surface area contributed by atoms with Gasteiger partial charge in [-0.2, -0.15) is 0 Å². The summed E-state index contributed by atoms with van der Waals surface area (Å²) in [5.41, 5.74) is 3.26. The van der Waals surface area contributed by atoms with Gasteiger partial charge in [0, 0.05) is 18.9 Å². The van der Waals surface area contributed by atoms with Crippen molar-refractivity contribution in [1.82, 2.24) is 5.32 Å². The Hall–Kier alpha value is -1.70. The number of phenols is 1. The van der Waals surface area contributed by atoms with Gasteiger partial charge in [0.15, 0.2) is 10.9 Å². The molecule has 2 fully saturated rings. The average Bonchev–Trinajstić information content (AvgIpc) is 3.12. The predicted molar refractivity (Wildman–Crippen MR) is 149 cm³/mol. The highest BCUT2D eigenvalue weighted by Crippen LogP contribution is 2.63. The van der Waals surface area contributed by atoms with Gasteiger partial charge >= 0.3 is 0 Å². The van der Waals surface area contributed by atoms with Gasteiger partial charge in [-0.25, -0.2) is 0 Å². The third-order valence-electron chi connectivity index (χ3n) is 8.43. The standard InChI is InChI=1S/C27H35Cl2N3O3S/c1-14(2)36-26(30-4)31-22(33)9-6-15-12-21(32-35-5)27(3)11-10-16-17(23(15)27)7-8-18-19(16)13-20(28)25(34)24(18)29/h13,15-17,23,34H,1,6-12H2,2-5H3,(H,30,31,33)/b32-21+. The predicted octanol–water partition coefficient (Wildman–Crippen LogP) is 6.93. The van der Waals surface area contributed by atoms with Crippen molar-refractivity contribution in [3.63, 3.8) is 0 Å². The molecule has 0 spiro atoms. The minimum atomic E-state index is -0.0633. The number of thioether (sulfide) groups is 1. The number of nitrogens with zero attached hydrogens (tertiary/aromatic N) is 2. The van der Waals surface area contributed by atoms with E-state index in [1.807, 2.05) is 13.0 Å². The van der Waals surface area contributed by atoms with Crippen molar-refractivity contribution in [3.8, 4) is 5.75 Å². The number of amidine groups is 1. The van der Waals surface area contributed by atoms with E-state index in [0.29, 0.717) is 45.3 Å². The third-order valence-corrected chi connectivity index (χ3v) is 9.95. The topological polar surface area (TPSA) is 83.3 Å². The number of aromatic hydroxyl groups is 1. The van der Waals surface area contributed by atoms with E-state index in [0.717, 1.165) is 54.7 Å². The maximum absolute atomic E-state index is 12.8. The van der Waals surface area contributed by atoms with Gasteiger partial charge in [0.2, 0.25) is 5.91 Å². The van der Waals surface area contributed by atoms with E-state index in [2.05, 4.69) is 29.0 Å². The summed E-state index contributed by atoms with van der Waals surface area (Å²) in [6, 6.07) is 1.92. The monoisotopic (exact) mass is 551 g/mol. The molecule has 2 N–H and O–H groups in total. The summed E-state index contributed by atoms with van der Waals surface area (Å²) in [5, 5.41) is 19.0. The summed E-state index contributed by atoms with van der Waals surface area (Å²) >= 11 is 14.2.